The molecule has 56 valence electrons. The molecule has 0 bridgehead atoms. The second kappa shape index (κ2) is 4.24. The Balaban J connectivity index is 2.87. The van der Waals surface area contributed by atoms with E-state index in [0.717, 1.165) is 9.99 Å². The number of phenolic OH excluding ortho intramolecular Hbond substituents is 1. The van der Waals surface area contributed by atoms with E-state index in [1.807, 2.05) is 6.07 Å². The summed E-state index contributed by atoms with van der Waals surface area (Å²) in [6.45, 7) is 0. The highest BCUT2D eigenvalue weighted by Gasteiger charge is 1.87. The fraction of sp³-hybridized carbons (Fsp3) is 0.111. The van der Waals surface area contributed by atoms with Crippen molar-refractivity contribution in [2.24, 2.45) is 0 Å². The van der Waals surface area contributed by atoms with Gasteiger partial charge >= 0.3 is 0 Å². The molecule has 0 aliphatic rings. The third-order valence-electron chi connectivity index (χ3n) is 1.15. The average Bonchev–Trinajstić information content (AvgIpc) is 2.01. The van der Waals surface area contributed by atoms with Gasteiger partial charge < -0.3 is 5.11 Å². The molecular formula is C9H7IO. The lowest BCUT2D eigenvalue weighted by Gasteiger charge is -1.90. The number of benzene rings is 1. The highest BCUT2D eigenvalue weighted by Crippen LogP contribution is 2.09. The Morgan fingerprint density at radius 2 is 2.27 bits per heavy atom. The van der Waals surface area contributed by atoms with E-state index in [1.54, 1.807) is 18.2 Å². The molecule has 1 rings (SSSR count). The van der Waals surface area contributed by atoms with E-state index >= 15 is 0 Å². The van der Waals surface area contributed by atoms with Crippen molar-refractivity contribution in [3.05, 3.63) is 29.8 Å². The van der Waals surface area contributed by atoms with Crippen LogP contribution in [-0.4, -0.2) is 9.53 Å². The van der Waals surface area contributed by atoms with Crippen molar-refractivity contribution in [1.82, 2.24) is 0 Å². The zero-order chi connectivity index (χ0) is 8.10. The van der Waals surface area contributed by atoms with Gasteiger partial charge in [-0.15, -0.1) is 0 Å². The van der Waals surface area contributed by atoms with Crippen molar-refractivity contribution in [2.75, 3.05) is 4.43 Å². The fourth-order valence-electron chi connectivity index (χ4n) is 0.719. The van der Waals surface area contributed by atoms with E-state index in [4.69, 9.17) is 5.11 Å². The van der Waals surface area contributed by atoms with Crippen LogP contribution in [0.1, 0.15) is 5.56 Å². The maximum absolute atomic E-state index is 9.04. The van der Waals surface area contributed by atoms with Crippen molar-refractivity contribution >= 4 is 22.6 Å². The maximum atomic E-state index is 9.04. The smallest absolute Gasteiger partial charge is 0.116 e. The second-order valence-corrected chi connectivity index (χ2v) is 2.75. The monoisotopic (exact) mass is 258 g/mol. The first-order valence-corrected chi connectivity index (χ1v) is 4.69. The summed E-state index contributed by atoms with van der Waals surface area (Å²) in [6, 6.07) is 6.94. The molecule has 0 amide bonds. The van der Waals surface area contributed by atoms with E-state index in [1.165, 1.54) is 0 Å². The van der Waals surface area contributed by atoms with E-state index in [0.29, 0.717) is 0 Å². The lowest BCUT2D eigenvalue weighted by atomic mass is 10.2. The highest BCUT2D eigenvalue weighted by atomic mass is 127. The molecule has 1 aromatic carbocycles. The Kier molecular flexibility index (Phi) is 3.24. The van der Waals surface area contributed by atoms with E-state index in [-0.39, 0.29) is 5.75 Å². The number of halogens is 1. The zero-order valence-electron chi connectivity index (χ0n) is 5.84. The number of phenols is 1. The lowest BCUT2D eigenvalue weighted by Crippen LogP contribution is -1.72. The van der Waals surface area contributed by atoms with Gasteiger partial charge in [0.1, 0.15) is 5.75 Å². The molecule has 0 fully saturated rings. The molecular weight excluding hydrogens is 251 g/mol. The van der Waals surface area contributed by atoms with Gasteiger partial charge in [0.2, 0.25) is 0 Å². The quantitative estimate of drug-likeness (QED) is 0.429. The molecule has 0 aromatic heterocycles. The Morgan fingerprint density at radius 1 is 1.45 bits per heavy atom. The summed E-state index contributed by atoms with van der Waals surface area (Å²) in [7, 11) is 0. The summed E-state index contributed by atoms with van der Waals surface area (Å²) in [5.41, 5.74) is 0.863. The predicted molar refractivity (Wildman–Crippen MR) is 53.9 cm³/mol. The summed E-state index contributed by atoms with van der Waals surface area (Å²) in [5, 5.41) is 9.04. The van der Waals surface area contributed by atoms with Crippen LogP contribution in [0.4, 0.5) is 0 Å². The SMILES string of the molecule is Oc1cccc(C#CCI)c1. The predicted octanol–water partition coefficient (Wildman–Crippen LogP) is 2.18. The lowest BCUT2D eigenvalue weighted by molar-refractivity contribution is 0.475. The number of hydrogen-bond donors (Lipinski definition) is 1. The summed E-state index contributed by atoms with van der Waals surface area (Å²) in [6.07, 6.45) is 0. The van der Waals surface area contributed by atoms with Crippen LogP contribution in [0, 0.1) is 11.8 Å². The zero-order valence-corrected chi connectivity index (χ0v) is 8.00. The molecule has 0 unspecified atom stereocenters. The van der Waals surface area contributed by atoms with Gasteiger partial charge in [-0.2, -0.15) is 0 Å². The molecule has 0 radical (unpaired) electrons. The third-order valence-corrected chi connectivity index (χ3v) is 1.53. The highest BCUT2D eigenvalue weighted by molar-refractivity contribution is 14.1. The van der Waals surface area contributed by atoms with E-state index in [9.17, 15) is 0 Å². The molecule has 0 saturated heterocycles. The molecule has 11 heavy (non-hydrogen) atoms. The maximum Gasteiger partial charge on any atom is 0.116 e. The molecule has 1 nitrogen and oxygen atoms in total. The summed E-state index contributed by atoms with van der Waals surface area (Å²) >= 11 is 2.19. The molecule has 1 N–H and O–H groups in total. The minimum absolute atomic E-state index is 0.269. The molecule has 0 spiro atoms. The summed E-state index contributed by atoms with van der Waals surface area (Å²) in [5.74, 6) is 6.10. The number of aromatic hydroxyl groups is 1. The van der Waals surface area contributed by atoms with Crippen LogP contribution in [0.2, 0.25) is 0 Å². The van der Waals surface area contributed by atoms with Crippen LogP contribution in [0.15, 0.2) is 24.3 Å². The van der Waals surface area contributed by atoms with Crippen LogP contribution < -0.4 is 0 Å². The summed E-state index contributed by atoms with van der Waals surface area (Å²) < 4.78 is 0.813. The molecule has 2 heteroatoms. The Labute approximate surface area is 79.6 Å². The van der Waals surface area contributed by atoms with Crippen LogP contribution in [0.5, 0.6) is 5.75 Å². The first-order valence-electron chi connectivity index (χ1n) is 3.17. The van der Waals surface area contributed by atoms with Gasteiger partial charge in [-0.3, -0.25) is 0 Å². The van der Waals surface area contributed by atoms with Crippen LogP contribution in [-0.2, 0) is 0 Å². The molecule has 0 saturated carbocycles. The van der Waals surface area contributed by atoms with Gasteiger partial charge in [0.25, 0.3) is 0 Å². The number of alkyl halides is 1. The van der Waals surface area contributed by atoms with Crippen molar-refractivity contribution in [3.63, 3.8) is 0 Å². The van der Waals surface area contributed by atoms with Gasteiger partial charge in [-0.1, -0.05) is 40.5 Å². The standard InChI is InChI=1S/C9H7IO/c10-6-2-4-8-3-1-5-9(11)7-8/h1,3,5,7,11H,6H2. The van der Waals surface area contributed by atoms with Crippen molar-refractivity contribution < 1.29 is 5.11 Å². The van der Waals surface area contributed by atoms with Gasteiger partial charge in [-0.05, 0) is 18.2 Å². The molecule has 1 aromatic rings. The Morgan fingerprint density at radius 3 is 2.91 bits per heavy atom. The minimum Gasteiger partial charge on any atom is -0.508 e. The fourth-order valence-corrected chi connectivity index (χ4v) is 0.910. The Bertz CT molecular complexity index is 296. The first-order chi connectivity index (χ1) is 5.33. The minimum atomic E-state index is 0.269. The van der Waals surface area contributed by atoms with Crippen LogP contribution in [0.25, 0.3) is 0 Å². The topological polar surface area (TPSA) is 20.2 Å². The van der Waals surface area contributed by atoms with Crippen molar-refractivity contribution in [3.8, 4) is 17.6 Å². The number of rotatable bonds is 0. The largest absolute Gasteiger partial charge is 0.508 e. The van der Waals surface area contributed by atoms with Crippen molar-refractivity contribution in [1.29, 1.82) is 0 Å². The molecule has 0 aliphatic heterocycles. The van der Waals surface area contributed by atoms with E-state index in [2.05, 4.69) is 34.4 Å². The van der Waals surface area contributed by atoms with Crippen molar-refractivity contribution in [2.45, 2.75) is 0 Å². The van der Waals surface area contributed by atoms with Gasteiger partial charge in [0.05, 0.1) is 4.43 Å². The Hall–Kier alpha value is -0.690. The van der Waals surface area contributed by atoms with Gasteiger partial charge in [0.15, 0.2) is 0 Å². The summed E-state index contributed by atoms with van der Waals surface area (Å²) in [4.78, 5) is 0. The molecule has 0 atom stereocenters. The first kappa shape index (κ1) is 8.41. The molecule has 0 heterocycles. The number of hydrogen-bond acceptors (Lipinski definition) is 1. The van der Waals surface area contributed by atoms with Crippen LogP contribution >= 0.6 is 22.6 Å². The van der Waals surface area contributed by atoms with Crippen LogP contribution in [0.3, 0.4) is 0 Å². The second-order valence-electron chi connectivity index (χ2n) is 1.99. The normalized spacial score (nSPS) is 8.45. The molecule has 0 aliphatic carbocycles. The third kappa shape index (κ3) is 2.81. The van der Waals surface area contributed by atoms with Gasteiger partial charge in [-0.25, -0.2) is 0 Å². The average molecular weight is 258 g/mol. The van der Waals surface area contributed by atoms with E-state index < -0.39 is 0 Å². The van der Waals surface area contributed by atoms with Gasteiger partial charge in [0, 0.05) is 5.56 Å².